The molecule has 3 aromatic rings. The molecule has 2 N–H and O–H groups in total. The van der Waals surface area contributed by atoms with Gasteiger partial charge in [0.2, 0.25) is 0 Å². The Morgan fingerprint density at radius 3 is 2.73 bits per heavy atom. The normalized spacial score (nSPS) is 24.4. The van der Waals surface area contributed by atoms with Crippen molar-refractivity contribution in [2.75, 3.05) is 51.7 Å². The summed E-state index contributed by atoms with van der Waals surface area (Å²) in [5.74, 6) is 2.28. The van der Waals surface area contributed by atoms with Crippen molar-refractivity contribution in [3.8, 4) is 5.75 Å². The molecule has 0 saturated carbocycles. The van der Waals surface area contributed by atoms with Gasteiger partial charge < -0.3 is 24.8 Å². The summed E-state index contributed by atoms with van der Waals surface area (Å²) in [4.78, 5) is 21.2. The van der Waals surface area contributed by atoms with Crippen molar-refractivity contribution in [2.24, 2.45) is 11.8 Å². The lowest BCUT2D eigenvalue weighted by Crippen LogP contribution is -2.50. The number of piperidine rings is 2. The number of carbonyl (C=O) groups excluding carboxylic acids is 1. The monoisotopic (exact) mass is 500 g/mol. The molecule has 1 unspecified atom stereocenters. The molecule has 3 aliphatic heterocycles. The van der Waals surface area contributed by atoms with Gasteiger partial charge in [-0.15, -0.1) is 0 Å². The van der Waals surface area contributed by atoms with E-state index in [0.29, 0.717) is 22.9 Å². The zero-order valence-corrected chi connectivity index (χ0v) is 22.5. The van der Waals surface area contributed by atoms with Crippen molar-refractivity contribution in [2.45, 2.75) is 44.9 Å². The number of aryl methyl sites for hydroxylation is 1. The topological polar surface area (TPSA) is 60.6 Å². The maximum Gasteiger partial charge on any atom is 0.270 e. The highest BCUT2D eigenvalue weighted by atomic mass is 16.5. The van der Waals surface area contributed by atoms with Crippen LogP contribution in [0.25, 0.3) is 10.9 Å². The highest BCUT2D eigenvalue weighted by Crippen LogP contribution is 2.47. The smallest absolute Gasteiger partial charge is 0.270 e. The molecule has 0 aliphatic carbocycles. The van der Waals surface area contributed by atoms with Gasteiger partial charge in [-0.3, -0.25) is 4.79 Å². The standard InChI is InChI=1S/C31H40N4O2/c1-21-4-6-26-28(16-21)32-20-31(26)11-15-34(19-22(31)2)12-8-23-9-13-35(14-10-23)30(36)29-18-24-17-25(37-3)5-7-27(24)33-29/h4-7,16-18,22-23,32-33H,8-15,19-20H2,1-3H3/t22?,31-/m0/s1. The van der Waals surface area contributed by atoms with Crippen molar-refractivity contribution in [1.29, 1.82) is 0 Å². The molecule has 0 bridgehead atoms. The summed E-state index contributed by atoms with van der Waals surface area (Å²) >= 11 is 0. The van der Waals surface area contributed by atoms with E-state index in [-0.39, 0.29) is 5.91 Å². The minimum atomic E-state index is 0.115. The third kappa shape index (κ3) is 4.50. The van der Waals surface area contributed by atoms with Crippen LogP contribution in [0.3, 0.4) is 0 Å². The number of nitrogens with one attached hydrogen (secondary N) is 2. The van der Waals surface area contributed by atoms with Crippen LogP contribution < -0.4 is 10.1 Å². The SMILES string of the molecule is COc1ccc2[nH]c(C(=O)N3CCC(CCN4CC[C@]5(CNc6cc(C)ccc65)C(C)C4)CC3)cc2c1. The van der Waals surface area contributed by atoms with Crippen LogP contribution in [0.4, 0.5) is 5.69 Å². The fourth-order valence-electron chi connectivity index (χ4n) is 7.02. The Hall–Kier alpha value is -2.99. The van der Waals surface area contributed by atoms with Crippen LogP contribution in [0.5, 0.6) is 5.75 Å². The van der Waals surface area contributed by atoms with Crippen LogP contribution in [0, 0.1) is 18.8 Å². The summed E-state index contributed by atoms with van der Waals surface area (Å²) in [6, 6.07) is 14.8. The first kappa shape index (κ1) is 24.4. The second-order valence-electron chi connectivity index (χ2n) is 11.7. The Morgan fingerprint density at radius 2 is 1.95 bits per heavy atom. The van der Waals surface area contributed by atoms with E-state index in [1.165, 1.54) is 49.3 Å². The molecule has 2 fully saturated rings. The first-order valence-corrected chi connectivity index (χ1v) is 14.0. The van der Waals surface area contributed by atoms with E-state index in [0.717, 1.165) is 49.1 Å². The molecule has 4 heterocycles. The summed E-state index contributed by atoms with van der Waals surface area (Å²) < 4.78 is 5.32. The predicted octanol–water partition coefficient (Wildman–Crippen LogP) is 5.43. The number of hydrogen-bond donors (Lipinski definition) is 2. The summed E-state index contributed by atoms with van der Waals surface area (Å²) in [5, 5.41) is 4.73. The minimum absolute atomic E-state index is 0.115. The number of carbonyl (C=O) groups is 1. The van der Waals surface area contributed by atoms with Crippen LogP contribution in [0.2, 0.25) is 0 Å². The van der Waals surface area contributed by atoms with Crippen molar-refractivity contribution >= 4 is 22.5 Å². The molecule has 1 aromatic heterocycles. The van der Waals surface area contributed by atoms with Gasteiger partial charge in [0.25, 0.3) is 5.91 Å². The number of aromatic nitrogens is 1. The van der Waals surface area contributed by atoms with E-state index >= 15 is 0 Å². The third-order valence-electron chi connectivity index (χ3n) is 9.47. The van der Waals surface area contributed by atoms with Gasteiger partial charge in [-0.05, 0) is 99.0 Å². The lowest BCUT2D eigenvalue weighted by molar-refractivity contribution is 0.0659. The lowest BCUT2D eigenvalue weighted by Gasteiger charge is -2.45. The van der Waals surface area contributed by atoms with Gasteiger partial charge in [0.15, 0.2) is 0 Å². The molecule has 37 heavy (non-hydrogen) atoms. The van der Waals surface area contributed by atoms with Gasteiger partial charge in [-0.1, -0.05) is 19.1 Å². The first-order valence-electron chi connectivity index (χ1n) is 14.0. The van der Waals surface area contributed by atoms with E-state index in [1.807, 2.05) is 29.2 Å². The van der Waals surface area contributed by atoms with Crippen LogP contribution >= 0.6 is 0 Å². The summed E-state index contributed by atoms with van der Waals surface area (Å²) in [6.07, 6.45) is 4.68. The van der Waals surface area contributed by atoms with Crippen LogP contribution in [0.15, 0.2) is 42.5 Å². The Balaban J connectivity index is 0.995. The molecule has 3 aliphatic rings. The van der Waals surface area contributed by atoms with Gasteiger partial charge in [-0.2, -0.15) is 0 Å². The maximum atomic E-state index is 13.2. The summed E-state index contributed by atoms with van der Waals surface area (Å²) in [6.45, 7) is 11.0. The van der Waals surface area contributed by atoms with E-state index < -0.39 is 0 Å². The fourth-order valence-corrected chi connectivity index (χ4v) is 7.02. The predicted molar refractivity (Wildman–Crippen MR) is 150 cm³/mol. The molecule has 2 atom stereocenters. The average Bonchev–Trinajstić information content (AvgIpc) is 3.51. The number of nitrogens with zero attached hydrogens (tertiary/aromatic N) is 2. The number of anilines is 1. The molecule has 196 valence electrons. The summed E-state index contributed by atoms with van der Waals surface area (Å²) in [7, 11) is 1.67. The van der Waals surface area contributed by atoms with Crippen LogP contribution in [0.1, 0.15) is 54.2 Å². The zero-order chi connectivity index (χ0) is 25.6. The number of fused-ring (bicyclic) bond motifs is 3. The molecule has 6 rings (SSSR count). The Morgan fingerprint density at radius 1 is 1.11 bits per heavy atom. The Kier molecular flexibility index (Phi) is 6.39. The van der Waals surface area contributed by atoms with Crippen LogP contribution in [-0.2, 0) is 5.41 Å². The minimum Gasteiger partial charge on any atom is -0.497 e. The number of aromatic amines is 1. The second-order valence-corrected chi connectivity index (χ2v) is 11.7. The van der Waals surface area contributed by atoms with E-state index in [9.17, 15) is 4.79 Å². The zero-order valence-electron chi connectivity index (χ0n) is 22.5. The molecule has 2 saturated heterocycles. The highest BCUT2D eigenvalue weighted by molar-refractivity contribution is 5.98. The van der Waals surface area contributed by atoms with Gasteiger partial charge >= 0.3 is 0 Å². The second kappa shape index (κ2) is 9.71. The lowest BCUT2D eigenvalue weighted by atomic mass is 9.67. The number of benzene rings is 2. The number of ether oxygens (including phenoxy) is 1. The third-order valence-corrected chi connectivity index (χ3v) is 9.47. The van der Waals surface area contributed by atoms with Crippen molar-refractivity contribution in [3.05, 3.63) is 59.3 Å². The van der Waals surface area contributed by atoms with Gasteiger partial charge in [0.05, 0.1) is 7.11 Å². The Labute approximate surface area is 220 Å². The number of methoxy groups -OCH3 is 1. The molecule has 1 amide bonds. The molecule has 6 heteroatoms. The Bertz CT molecular complexity index is 1290. The number of amides is 1. The van der Waals surface area contributed by atoms with Crippen molar-refractivity contribution in [3.63, 3.8) is 0 Å². The van der Waals surface area contributed by atoms with Crippen molar-refractivity contribution < 1.29 is 9.53 Å². The molecule has 0 radical (unpaired) electrons. The van der Waals surface area contributed by atoms with Gasteiger partial charge in [-0.25, -0.2) is 0 Å². The van der Waals surface area contributed by atoms with E-state index in [4.69, 9.17) is 4.74 Å². The first-order chi connectivity index (χ1) is 17.9. The van der Waals surface area contributed by atoms with E-state index in [1.54, 1.807) is 7.11 Å². The average molecular weight is 501 g/mol. The molecule has 6 nitrogen and oxygen atoms in total. The quantitative estimate of drug-likeness (QED) is 0.490. The maximum absolute atomic E-state index is 13.2. The summed E-state index contributed by atoms with van der Waals surface area (Å²) in [5.41, 5.74) is 6.17. The highest BCUT2D eigenvalue weighted by Gasteiger charge is 2.46. The molecular formula is C31H40N4O2. The van der Waals surface area contributed by atoms with Crippen molar-refractivity contribution in [1.82, 2.24) is 14.8 Å². The number of H-pyrrole nitrogens is 1. The van der Waals surface area contributed by atoms with E-state index in [2.05, 4.69) is 47.2 Å². The molecule has 1 spiro atoms. The molecule has 2 aromatic carbocycles. The number of hydrogen-bond acceptors (Lipinski definition) is 4. The molecular weight excluding hydrogens is 460 g/mol. The van der Waals surface area contributed by atoms with Gasteiger partial charge in [0, 0.05) is 48.2 Å². The number of rotatable bonds is 5. The largest absolute Gasteiger partial charge is 0.497 e. The number of likely N-dealkylation sites (tertiary alicyclic amines) is 2. The fraction of sp³-hybridized carbons (Fsp3) is 0.516. The van der Waals surface area contributed by atoms with Crippen LogP contribution in [-0.4, -0.2) is 67.1 Å². The van der Waals surface area contributed by atoms with Gasteiger partial charge in [0.1, 0.15) is 11.4 Å².